The van der Waals surface area contributed by atoms with Gasteiger partial charge in [0.2, 0.25) is 0 Å². The zero-order chi connectivity index (χ0) is 54.6. The predicted octanol–water partition coefficient (Wildman–Crippen LogP) is 10.3. The molecule has 10 aromatic rings. The van der Waals surface area contributed by atoms with Gasteiger partial charge in [-0.05, 0) is 123 Å². The number of anilines is 4. The normalized spacial score (nSPS) is 10.7. The van der Waals surface area contributed by atoms with Crippen molar-refractivity contribution >= 4 is 84.6 Å². The number of aromatic nitrogens is 10. The summed E-state index contributed by atoms with van der Waals surface area (Å²) in [4.78, 5) is 75.1. The number of pyridine rings is 2. The first-order valence-electron chi connectivity index (χ1n) is 24.2. The summed E-state index contributed by atoms with van der Waals surface area (Å²) in [6.07, 6.45) is 10.4. The van der Waals surface area contributed by atoms with Crippen molar-refractivity contribution in [3.63, 3.8) is 0 Å². The van der Waals surface area contributed by atoms with Crippen LogP contribution >= 0.6 is 15.9 Å². The van der Waals surface area contributed by atoms with Gasteiger partial charge in [0.15, 0.2) is 28.7 Å². The number of fused-ring (bicyclic) bond motifs is 2. The van der Waals surface area contributed by atoms with Crippen LogP contribution in [0.5, 0.6) is 0 Å². The predicted molar refractivity (Wildman–Crippen MR) is 298 cm³/mol. The average molecular weight is 1100 g/mol. The molecule has 6 heterocycles. The number of nitrogen functional groups attached to an aromatic ring is 1. The fraction of sp³-hybridized carbons (Fsp3) is 0.158. The molecule has 1 amide bonds. The van der Waals surface area contributed by atoms with Gasteiger partial charge in [-0.25, -0.2) is 29.5 Å². The van der Waals surface area contributed by atoms with E-state index in [1.807, 2.05) is 76.5 Å². The molecular formula is C57H52BrN13O6. The lowest BCUT2D eigenvalue weighted by Gasteiger charge is -2.13. The Morgan fingerprint density at radius 2 is 1.14 bits per heavy atom. The van der Waals surface area contributed by atoms with Crippen LogP contribution in [0.4, 0.5) is 23.0 Å². The van der Waals surface area contributed by atoms with Crippen molar-refractivity contribution in [2.45, 2.75) is 34.1 Å². The van der Waals surface area contributed by atoms with E-state index in [4.69, 9.17) is 20.2 Å². The summed E-state index contributed by atoms with van der Waals surface area (Å²) in [6.45, 7) is 8.09. The van der Waals surface area contributed by atoms with Crippen LogP contribution in [-0.2, 0) is 30.0 Å². The molecule has 0 spiro atoms. The molecule has 0 bridgehead atoms. The highest BCUT2D eigenvalue weighted by Gasteiger charge is 2.17. The first kappa shape index (κ1) is 53.7. The third-order valence-corrected chi connectivity index (χ3v) is 12.6. The second kappa shape index (κ2) is 24.6. The molecule has 20 heteroatoms. The molecule has 0 fully saturated rings. The summed E-state index contributed by atoms with van der Waals surface area (Å²) < 4.78 is 14.2. The van der Waals surface area contributed by atoms with E-state index in [-0.39, 0.29) is 30.0 Å². The lowest BCUT2D eigenvalue weighted by molar-refractivity contribution is 0.0516. The minimum Gasteiger partial charge on any atom is -0.462 e. The number of Topliss-reactive ketones (excluding diaryl/α,β-unsaturated/α-hetero) is 1. The number of ether oxygens (including phenoxy) is 2. The Labute approximate surface area is 451 Å². The van der Waals surface area contributed by atoms with E-state index in [0.717, 1.165) is 54.4 Å². The van der Waals surface area contributed by atoms with Gasteiger partial charge < -0.3 is 25.8 Å². The molecule has 0 atom stereocenters. The molecule has 0 saturated heterocycles. The third-order valence-electron chi connectivity index (χ3n) is 11.8. The van der Waals surface area contributed by atoms with E-state index in [1.54, 1.807) is 121 Å². The summed E-state index contributed by atoms with van der Waals surface area (Å²) >= 11 is 3.41. The van der Waals surface area contributed by atoms with Crippen LogP contribution in [0, 0.1) is 13.8 Å². The Morgan fingerprint density at radius 3 is 1.71 bits per heavy atom. The van der Waals surface area contributed by atoms with Crippen LogP contribution in [0.2, 0.25) is 0 Å². The van der Waals surface area contributed by atoms with Crippen LogP contribution in [0.25, 0.3) is 44.8 Å². The van der Waals surface area contributed by atoms with Crippen molar-refractivity contribution in [1.82, 2.24) is 49.5 Å². The van der Waals surface area contributed by atoms with Crippen molar-refractivity contribution in [2.24, 2.45) is 14.1 Å². The summed E-state index contributed by atoms with van der Waals surface area (Å²) in [6, 6.07) is 31.9. The first-order chi connectivity index (χ1) is 37.2. The minimum atomic E-state index is -0.376. The van der Waals surface area contributed by atoms with Crippen molar-refractivity contribution in [2.75, 3.05) is 29.6 Å². The van der Waals surface area contributed by atoms with Gasteiger partial charge >= 0.3 is 11.9 Å². The van der Waals surface area contributed by atoms with E-state index in [9.17, 15) is 19.2 Å². The molecule has 19 nitrogen and oxygen atoms in total. The highest BCUT2D eigenvalue weighted by atomic mass is 79.9. The number of esters is 2. The first-order valence-corrected chi connectivity index (χ1v) is 25.0. The number of aryl methyl sites for hydroxylation is 4. The molecule has 77 heavy (non-hydrogen) atoms. The quantitative estimate of drug-likeness (QED) is 0.0717. The second-order valence-corrected chi connectivity index (χ2v) is 18.1. The number of rotatable bonds is 13. The summed E-state index contributed by atoms with van der Waals surface area (Å²) in [5.74, 6) is 1.11. The Morgan fingerprint density at radius 1 is 0.610 bits per heavy atom. The molecular weight excluding hydrogens is 1040 g/mol. The van der Waals surface area contributed by atoms with Gasteiger partial charge in [-0.3, -0.25) is 28.9 Å². The smallest absolute Gasteiger partial charge is 0.338 e. The minimum absolute atomic E-state index is 0.0396. The molecule has 0 aliphatic heterocycles. The van der Waals surface area contributed by atoms with E-state index >= 15 is 0 Å². The van der Waals surface area contributed by atoms with Crippen LogP contribution in [-0.4, -0.2) is 86.3 Å². The van der Waals surface area contributed by atoms with Crippen molar-refractivity contribution in [3.05, 3.63) is 190 Å². The molecule has 4 N–H and O–H groups in total. The largest absolute Gasteiger partial charge is 0.462 e. The Bertz CT molecular complexity index is 3740. The number of nitrogens with two attached hydrogens (primary N) is 1. The fourth-order valence-electron chi connectivity index (χ4n) is 7.57. The zero-order valence-corrected chi connectivity index (χ0v) is 44.4. The van der Waals surface area contributed by atoms with Gasteiger partial charge in [-0.1, -0.05) is 46.3 Å². The molecule has 0 aliphatic carbocycles. The number of hydrogen-bond acceptors (Lipinski definition) is 16. The Kier molecular flexibility index (Phi) is 17.2. The van der Waals surface area contributed by atoms with Crippen LogP contribution in [0.15, 0.2) is 151 Å². The van der Waals surface area contributed by atoms with E-state index in [2.05, 4.69) is 61.7 Å². The van der Waals surface area contributed by atoms with E-state index in [1.165, 1.54) is 0 Å². The van der Waals surface area contributed by atoms with Crippen LogP contribution in [0.3, 0.4) is 0 Å². The van der Waals surface area contributed by atoms with Crippen LogP contribution < -0.4 is 16.4 Å². The number of carbonyl (C=O) groups is 4. The lowest BCUT2D eigenvalue weighted by atomic mass is 10.00. The Balaban J connectivity index is 0.000000169. The number of amides is 1. The second-order valence-electron chi connectivity index (χ2n) is 17.2. The highest BCUT2D eigenvalue weighted by Crippen LogP contribution is 2.30. The number of halogens is 1. The molecule has 0 unspecified atom stereocenters. The van der Waals surface area contributed by atoms with Gasteiger partial charge in [0, 0.05) is 83.4 Å². The van der Waals surface area contributed by atoms with Gasteiger partial charge in [0.25, 0.3) is 5.91 Å². The molecule has 0 aliphatic rings. The van der Waals surface area contributed by atoms with Crippen molar-refractivity contribution in [3.8, 4) is 22.8 Å². The lowest BCUT2D eigenvalue weighted by Crippen LogP contribution is -2.12. The maximum absolute atomic E-state index is 13.1. The van der Waals surface area contributed by atoms with Gasteiger partial charge in [-0.2, -0.15) is 10.2 Å². The molecule has 388 valence electrons. The number of nitrogens with zero attached hydrogens (tertiary/aromatic N) is 10. The SMILES string of the molecule is CCOC(=O)c1ccc(CC(=O)c2ccc(C)c(Nc3nc(-c4cccnc4)nc4c3cnn4C)c2)cc1.CCOC(=O)c1ccc(NC(=O)c2ccc(C)c(Br)c2)cc1.Cn1ncc2c(N)nc(-c3cccnc3)nc21. The van der Waals surface area contributed by atoms with Gasteiger partial charge in [-0.15, -0.1) is 0 Å². The number of carbonyl (C=O) groups excluding carboxylic acids is 4. The molecule has 0 saturated carbocycles. The number of hydrogen-bond donors (Lipinski definition) is 3. The zero-order valence-electron chi connectivity index (χ0n) is 42.9. The summed E-state index contributed by atoms with van der Waals surface area (Å²) in [5.41, 5.74) is 15.2. The summed E-state index contributed by atoms with van der Waals surface area (Å²) in [7, 11) is 3.65. The van der Waals surface area contributed by atoms with Gasteiger partial charge in [0.05, 0.1) is 47.5 Å². The van der Waals surface area contributed by atoms with E-state index in [0.29, 0.717) is 70.1 Å². The van der Waals surface area contributed by atoms with Crippen molar-refractivity contribution < 1.29 is 28.7 Å². The highest BCUT2D eigenvalue weighted by molar-refractivity contribution is 9.10. The number of nitrogens with one attached hydrogen (secondary N) is 2. The number of benzene rings is 4. The fourth-order valence-corrected chi connectivity index (χ4v) is 7.95. The third kappa shape index (κ3) is 13.2. The average Bonchev–Trinajstić information content (AvgIpc) is 4.03. The summed E-state index contributed by atoms with van der Waals surface area (Å²) in [5, 5.41) is 16.2. The molecule has 0 radical (unpaired) electrons. The monoisotopic (exact) mass is 1090 g/mol. The molecule has 4 aromatic carbocycles. The van der Waals surface area contributed by atoms with Crippen molar-refractivity contribution in [1.29, 1.82) is 0 Å². The standard InChI is InChI=1S/C29H26N6O3.C17H16BrNO3.C11H10N6/c1-4-38-29(37)20-11-8-19(9-12-20)14-25(36)21-10-7-18(2)24(15-21)32-27-23-17-31-35(3)28(23)34-26(33-27)22-6-5-13-30-16-22;1-3-22-17(21)12-6-8-14(9-7-12)19-16(20)13-5-4-11(2)15(18)10-13;1-17-11-8(6-14-17)9(12)15-10(16-11)7-3-2-4-13-5-7/h5-13,15-17H,4,14H2,1-3H3,(H,32,33,34);4-10H,3H2,1-2H3,(H,19,20);2-6H,1H3,(H2,12,15,16). The maximum atomic E-state index is 13.1. The molecule has 6 aromatic heterocycles. The molecule has 10 rings (SSSR count). The Hall–Kier alpha value is -9.56. The van der Waals surface area contributed by atoms with Gasteiger partial charge in [0.1, 0.15) is 11.6 Å². The van der Waals surface area contributed by atoms with E-state index < -0.39 is 0 Å². The maximum Gasteiger partial charge on any atom is 0.338 e. The van der Waals surface area contributed by atoms with Crippen LogP contribution in [0.1, 0.15) is 72.0 Å². The number of ketones is 1. The topological polar surface area (TPSA) is 250 Å².